The van der Waals surface area contributed by atoms with Crippen molar-refractivity contribution in [1.29, 1.82) is 0 Å². The highest BCUT2D eigenvalue weighted by Crippen LogP contribution is 2.42. The van der Waals surface area contributed by atoms with Gasteiger partial charge in [0.15, 0.2) is 8.32 Å². The highest BCUT2D eigenvalue weighted by molar-refractivity contribution is 6.77. The van der Waals surface area contributed by atoms with E-state index in [4.69, 9.17) is 4.43 Å². The standard InChI is InChI=1S/C19H40OSi/c1-11-19(12-14(2)3)18(10)13-20-21(15(4)5,16(6)7)17(8)9/h11,14-19H,1,12-13H2,2-10H3/t18-,19-/m1/s1. The first-order chi connectivity index (χ1) is 9.59. The molecule has 2 heteroatoms. The van der Waals surface area contributed by atoms with Gasteiger partial charge in [-0.25, -0.2) is 0 Å². The quantitative estimate of drug-likeness (QED) is 0.323. The molecule has 0 aromatic rings. The summed E-state index contributed by atoms with van der Waals surface area (Å²) in [5.41, 5.74) is 1.99. The third-order valence-corrected chi connectivity index (χ3v) is 11.2. The molecule has 0 amide bonds. The fourth-order valence-electron chi connectivity index (χ4n) is 4.00. The van der Waals surface area contributed by atoms with E-state index in [1.165, 1.54) is 6.42 Å². The van der Waals surface area contributed by atoms with E-state index < -0.39 is 8.32 Å². The summed E-state index contributed by atoms with van der Waals surface area (Å²) < 4.78 is 6.73. The largest absolute Gasteiger partial charge is 0.416 e. The first kappa shape index (κ1) is 20.9. The van der Waals surface area contributed by atoms with Crippen LogP contribution in [0.4, 0.5) is 0 Å². The van der Waals surface area contributed by atoms with Crippen molar-refractivity contribution < 1.29 is 4.43 Å². The summed E-state index contributed by atoms with van der Waals surface area (Å²) in [5.74, 6) is 1.86. The lowest BCUT2D eigenvalue weighted by atomic mass is 9.87. The SMILES string of the molecule is C=C[C@H](CC(C)C)[C@H](C)CO[Si](C(C)C)(C(C)C)C(C)C. The van der Waals surface area contributed by atoms with Crippen molar-refractivity contribution in [2.45, 2.75) is 85.4 Å². The van der Waals surface area contributed by atoms with Gasteiger partial charge < -0.3 is 4.43 Å². The Balaban J connectivity index is 4.93. The average Bonchev–Trinajstić information content (AvgIpc) is 2.34. The van der Waals surface area contributed by atoms with Gasteiger partial charge in [0.05, 0.1) is 0 Å². The molecule has 21 heavy (non-hydrogen) atoms. The maximum atomic E-state index is 6.73. The van der Waals surface area contributed by atoms with E-state index in [0.717, 1.165) is 12.5 Å². The summed E-state index contributed by atoms with van der Waals surface area (Å²) in [4.78, 5) is 0. The monoisotopic (exact) mass is 312 g/mol. The van der Waals surface area contributed by atoms with Crippen molar-refractivity contribution in [3.8, 4) is 0 Å². The van der Waals surface area contributed by atoms with E-state index in [2.05, 4.69) is 75.0 Å². The lowest BCUT2D eigenvalue weighted by Gasteiger charge is -2.43. The van der Waals surface area contributed by atoms with Crippen molar-refractivity contribution in [3.63, 3.8) is 0 Å². The molecule has 0 saturated carbocycles. The van der Waals surface area contributed by atoms with Crippen molar-refractivity contribution in [2.75, 3.05) is 6.61 Å². The molecular weight excluding hydrogens is 272 g/mol. The Bertz CT molecular complexity index is 272. The Hall–Kier alpha value is -0.0831. The zero-order valence-electron chi connectivity index (χ0n) is 16.1. The van der Waals surface area contributed by atoms with Crippen LogP contribution in [-0.4, -0.2) is 14.9 Å². The van der Waals surface area contributed by atoms with Gasteiger partial charge in [-0.1, -0.05) is 68.4 Å². The predicted octanol–water partition coefficient (Wildman–Crippen LogP) is 6.66. The summed E-state index contributed by atoms with van der Waals surface area (Å²) in [7, 11) is -1.72. The molecule has 0 aromatic carbocycles. The number of hydrogen-bond donors (Lipinski definition) is 0. The Morgan fingerprint density at radius 1 is 0.857 bits per heavy atom. The second-order valence-electron chi connectivity index (χ2n) is 8.14. The Morgan fingerprint density at radius 2 is 1.29 bits per heavy atom. The highest BCUT2D eigenvalue weighted by atomic mass is 28.4. The Labute approximate surface area is 135 Å². The molecule has 0 fully saturated rings. The van der Waals surface area contributed by atoms with E-state index >= 15 is 0 Å². The third kappa shape index (κ3) is 5.56. The molecule has 0 heterocycles. The van der Waals surface area contributed by atoms with Crippen LogP contribution in [0.15, 0.2) is 12.7 Å². The van der Waals surface area contributed by atoms with Crippen LogP contribution in [0.1, 0.15) is 68.7 Å². The molecule has 0 radical (unpaired) electrons. The maximum absolute atomic E-state index is 6.73. The third-order valence-electron chi connectivity index (χ3n) is 5.08. The van der Waals surface area contributed by atoms with Crippen molar-refractivity contribution in [2.24, 2.45) is 17.8 Å². The summed E-state index contributed by atoms with van der Waals surface area (Å²) in [6.45, 7) is 26.0. The molecule has 2 atom stereocenters. The Morgan fingerprint density at radius 3 is 1.57 bits per heavy atom. The Kier molecular flexibility index (Phi) is 9.11. The first-order valence-electron chi connectivity index (χ1n) is 8.85. The molecule has 0 aromatic heterocycles. The molecule has 0 N–H and O–H groups in total. The van der Waals surface area contributed by atoms with Crippen LogP contribution in [0, 0.1) is 17.8 Å². The smallest absolute Gasteiger partial charge is 0.200 e. The van der Waals surface area contributed by atoms with Gasteiger partial charge in [0, 0.05) is 6.61 Å². The van der Waals surface area contributed by atoms with E-state index in [-0.39, 0.29) is 0 Å². The summed E-state index contributed by atoms with van der Waals surface area (Å²) >= 11 is 0. The fourth-order valence-corrected chi connectivity index (χ4v) is 9.56. The lowest BCUT2D eigenvalue weighted by molar-refractivity contribution is 0.192. The van der Waals surface area contributed by atoms with E-state index in [9.17, 15) is 0 Å². The normalized spacial score (nSPS) is 16.0. The minimum Gasteiger partial charge on any atom is -0.416 e. The molecule has 0 aliphatic carbocycles. The number of allylic oxidation sites excluding steroid dienone is 1. The molecule has 0 unspecified atom stereocenters. The van der Waals surface area contributed by atoms with Gasteiger partial charge in [-0.15, -0.1) is 6.58 Å². The van der Waals surface area contributed by atoms with E-state index in [0.29, 0.717) is 28.5 Å². The van der Waals surface area contributed by atoms with Crippen molar-refractivity contribution >= 4 is 8.32 Å². The molecule has 0 spiro atoms. The fraction of sp³-hybridized carbons (Fsp3) is 0.895. The second kappa shape index (κ2) is 9.15. The molecule has 0 aliphatic heterocycles. The molecule has 1 nitrogen and oxygen atoms in total. The molecule has 0 aliphatic rings. The minimum atomic E-state index is -1.72. The maximum Gasteiger partial charge on any atom is 0.200 e. The zero-order valence-corrected chi connectivity index (χ0v) is 17.1. The predicted molar refractivity (Wildman–Crippen MR) is 99.3 cm³/mol. The molecule has 0 bridgehead atoms. The van der Waals surface area contributed by atoms with Crippen LogP contribution in [0.5, 0.6) is 0 Å². The van der Waals surface area contributed by atoms with Crippen LogP contribution in [0.25, 0.3) is 0 Å². The van der Waals surface area contributed by atoms with Crippen molar-refractivity contribution in [1.82, 2.24) is 0 Å². The van der Waals surface area contributed by atoms with Gasteiger partial charge in [-0.05, 0) is 40.8 Å². The van der Waals surface area contributed by atoms with E-state index in [1.807, 2.05) is 0 Å². The number of hydrogen-bond acceptors (Lipinski definition) is 1. The molecule has 0 saturated heterocycles. The average molecular weight is 313 g/mol. The van der Waals surface area contributed by atoms with Crippen LogP contribution in [0.3, 0.4) is 0 Å². The highest BCUT2D eigenvalue weighted by Gasteiger charge is 2.45. The topological polar surface area (TPSA) is 9.23 Å². The lowest BCUT2D eigenvalue weighted by Crippen LogP contribution is -2.48. The van der Waals surface area contributed by atoms with Crippen LogP contribution in [-0.2, 0) is 4.43 Å². The van der Waals surface area contributed by atoms with E-state index in [1.54, 1.807) is 0 Å². The van der Waals surface area contributed by atoms with Gasteiger partial charge in [0.25, 0.3) is 0 Å². The first-order valence-corrected chi connectivity index (χ1v) is 11.0. The number of rotatable bonds is 10. The van der Waals surface area contributed by atoms with Crippen LogP contribution >= 0.6 is 0 Å². The van der Waals surface area contributed by atoms with Gasteiger partial charge >= 0.3 is 0 Å². The molecular formula is C19H40OSi. The summed E-state index contributed by atoms with van der Waals surface area (Å²) in [5, 5.41) is 0. The molecule has 0 rings (SSSR count). The minimum absolute atomic E-state index is 0.563. The van der Waals surface area contributed by atoms with Gasteiger partial charge in [0.1, 0.15) is 0 Å². The van der Waals surface area contributed by atoms with Gasteiger partial charge in [-0.2, -0.15) is 0 Å². The summed E-state index contributed by atoms with van der Waals surface area (Å²) in [6.07, 6.45) is 3.35. The zero-order chi connectivity index (χ0) is 16.8. The second-order valence-corrected chi connectivity index (χ2v) is 13.6. The van der Waals surface area contributed by atoms with Crippen LogP contribution in [0.2, 0.25) is 16.6 Å². The molecule has 126 valence electrons. The summed E-state index contributed by atoms with van der Waals surface area (Å²) in [6, 6.07) is 0. The van der Waals surface area contributed by atoms with Crippen LogP contribution < -0.4 is 0 Å². The van der Waals surface area contributed by atoms with Crippen molar-refractivity contribution in [3.05, 3.63) is 12.7 Å². The van der Waals surface area contributed by atoms with Gasteiger partial charge in [0.2, 0.25) is 0 Å². The van der Waals surface area contributed by atoms with Gasteiger partial charge in [-0.3, -0.25) is 0 Å².